The lowest BCUT2D eigenvalue weighted by atomic mass is 10.3. The second kappa shape index (κ2) is 7.27. The molecule has 4 nitrogen and oxygen atoms in total. The minimum atomic E-state index is 0.0420. The fourth-order valence-corrected chi connectivity index (χ4v) is 5.46. The Bertz CT molecular complexity index is 1070. The van der Waals surface area contributed by atoms with E-state index in [1.807, 2.05) is 28.1 Å². The van der Waals surface area contributed by atoms with Crippen molar-refractivity contribution in [3.8, 4) is 0 Å². The molecule has 0 saturated heterocycles. The summed E-state index contributed by atoms with van der Waals surface area (Å²) in [4.78, 5) is 24.5. The summed E-state index contributed by atoms with van der Waals surface area (Å²) in [6, 6.07) is 7.98. The zero-order valence-corrected chi connectivity index (χ0v) is 16.2. The van der Waals surface area contributed by atoms with Gasteiger partial charge in [-0.1, -0.05) is 31.2 Å². The van der Waals surface area contributed by atoms with Crippen LogP contribution >= 0.6 is 34.4 Å². The first-order chi connectivity index (χ1) is 12.3. The van der Waals surface area contributed by atoms with Crippen LogP contribution in [0.1, 0.15) is 24.6 Å². The predicted molar refractivity (Wildman–Crippen MR) is 108 cm³/mol. The Balaban J connectivity index is 1.89. The summed E-state index contributed by atoms with van der Waals surface area (Å²) in [6.07, 6.45) is 4.01. The molecule has 4 heterocycles. The molecule has 0 aliphatic heterocycles. The molecular formula is C18H17N3OS3. The highest BCUT2D eigenvalue weighted by Crippen LogP contribution is 2.31. The zero-order chi connectivity index (χ0) is 17.2. The molecule has 0 aliphatic rings. The van der Waals surface area contributed by atoms with Crippen LogP contribution in [0.15, 0.2) is 45.8 Å². The van der Waals surface area contributed by atoms with Crippen molar-refractivity contribution in [3.05, 3.63) is 51.1 Å². The second-order valence-corrected chi connectivity index (χ2v) is 8.80. The molecule has 0 fully saturated rings. The van der Waals surface area contributed by atoms with E-state index in [-0.39, 0.29) is 5.56 Å². The number of rotatable bonds is 6. The molecule has 7 heteroatoms. The number of hydrogen-bond donors (Lipinski definition) is 0. The Morgan fingerprint density at radius 3 is 3.00 bits per heavy atom. The molecule has 25 heavy (non-hydrogen) atoms. The lowest BCUT2D eigenvalue weighted by Gasteiger charge is -2.11. The van der Waals surface area contributed by atoms with Crippen LogP contribution in [0.4, 0.5) is 0 Å². The number of unbranched alkanes of at least 4 members (excludes halogenated alkanes) is 1. The van der Waals surface area contributed by atoms with E-state index in [2.05, 4.69) is 18.0 Å². The van der Waals surface area contributed by atoms with E-state index in [1.165, 1.54) is 16.2 Å². The third kappa shape index (κ3) is 3.23. The first kappa shape index (κ1) is 16.8. The Labute approximate surface area is 157 Å². The lowest BCUT2D eigenvalue weighted by Crippen LogP contribution is -2.23. The molecule has 0 aromatic carbocycles. The summed E-state index contributed by atoms with van der Waals surface area (Å²) < 4.78 is 2.52. The molecule has 0 spiro atoms. The minimum Gasteiger partial charge on any atom is -0.281 e. The van der Waals surface area contributed by atoms with Crippen LogP contribution in [0.25, 0.3) is 20.4 Å². The molecule has 4 rings (SSSR count). The molecule has 4 aromatic rings. The van der Waals surface area contributed by atoms with Crippen molar-refractivity contribution in [1.29, 1.82) is 0 Å². The molecule has 0 bridgehead atoms. The largest absolute Gasteiger partial charge is 0.281 e. The number of nitrogens with zero attached hydrogens (tertiary/aromatic N) is 3. The van der Waals surface area contributed by atoms with Crippen LogP contribution in [0.2, 0.25) is 0 Å². The summed E-state index contributed by atoms with van der Waals surface area (Å²) >= 11 is 4.78. The SMILES string of the molecule is CCCCSc1nc2c(sc3ncccc32)c(=O)n1Cc1cccs1. The summed E-state index contributed by atoms with van der Waals surface area (Å²) in [7, 11) is 0. The van der Waals surface area contributed by atoms with Gasteiger partial charge in [0, 0.05) is 22.2 Å². The first-order valence-corrected chi connectivity index (χ1v) is 10.9. The van der Waals surface area contributed by atoms with Crippen molar-refractivity contribution in [2.75, 3.05) is 5.75 Å². The normalized spacial score (nSPS) is 11.6. The number of thioether (sulfide) groups is 1. The maximum atomic E-state index is 13.2. The Hall–Kier alpha value is -1.70. The molecule has 0 saturated carbocycles. The van der Waals surface area contributed by atoms with Crippen molar-refractivity contribution >= 4 is 54.9 Å². The van der Waals surface area contributed by atoms with Crippen LogP contribution in [-0.4, -0.2) is 20.3 Å². The molecule has 0 aliphatic carbocycles. The molecule has 128 valence electrons. The van der Waals surface area contributed by atoms with Gasteiger partial charge in [0.25, 0.3) is 5.56 Å². The minimum absolute atomic E-state index is 0.0420. The van der Waals surface area contributed by atoms with E-state index in [4.69, 9.17) is 4.98 Å². The molecule has 0 unspecified atom stereocenters. The van der Waals surface area contributed by atoms with E-state index in [0.29, 0.717) is 11.2 Å². The number of aromatic nitrogens is 3. The van der Waals surface area contributed by atoms with Crippen molar-refractivity contribution < 1.29 is 0 Å². The second-order valence-electron chi connectivity index (χ2n) is 5.70. The third-order valence-corrected chi connectivity index (χ3v) is 6.96. The van der Waals surface area contributed by atoms with Crippen molar-refractivity contribution in [3.63, 3.8) is 0 Å². The summed E-state index contributed by atoms with van der Waals surface area (Å²) in [5, 5.41) is 3.82. The standard InChI is InChI=1S/C18H17N3OS3/c1-2-3-9-24-18-20-14-13-7-4-8-19-16(13)25-15(14)17(22)21(18)11-12-6-5-10-23-12/h4-8,10H,2-3,9,11H2,1H3. The summed E-state index contributed by atoms with van der Waals surface area (Å²) in [5.74, 6) is 0.971. The first-order valence-electron chi connectivity index (χ1n) is 8.21. The molecule has 0 amide bonds. The van der Waals surface area contributed by atoms with Gasteiger partial charge in [-0.3, -0.25) is 9.36 Å². The van der Waals surface area contributed by atoms with Gasteiger partial charge in [-0.2, -0.15) is 0 Å². The smallest absolute Gasteiger partial charge is 0.272 e. The van der Waals surface area contributed by atoms with E-state index in [9.17, 15) is 4.79 Å². The fraction of sp³-hybridized carbons (Fsp3) is 0.278. The van der Waals surface area contributed by atoms with Gasteiger partial charge >= 0.3 is 0 Å². The van der Waals surface area contributed by atoms with Crippen LogP contribution in [0, 0.1) is 0 Å². The van der Waals surface area contributed by atoms with Crippen LogP contribution in [0.3, 0.4) is 0 Å². The number of thiophene rings is 2. The molecular weight excluding hydrogens is 370 g/mol. The van der Waals surface area contributed by atoms with Gasteiger partial charge in [-0.05, 0) is 30.0 Å². The van der Waals surface area contributed by atoms with Crippen LogP contribution in [0.5, 0.6) is 0 Å². The van der Waals surface area contributed by atoms with Gasteiger partial charge in [-0.15, -0.1) is 22.7 Å². The highest BCUT2D eigenvalue weighted by atomic mass is 32.2. The maximum absolute atomic E-state index is 13.2. The number of hydrogen-bond acceptors (Lipinski definition) is 6. The van der Waals surface area contributed by atoms with E-state index in [0.717, 1.165) is 39.5 Å². The number of pyridine rings is 1. The average molecular weight is 388 g/mol. The topological polar surface area (TPSA) is 47.8 Å². The lowest BCUT2D eigenvalue weighted by molar-refractivity contribution is 0.666. The number of fused-ring (bicyclic) bond motifs is 3. The van der Waals surface area contributed by atoms with Crippen molar-refractivity contribution in [1.82, 2.24) is 14.5 Å². The Morgan fingerprint density at radius 1 is 1.28 bits per heavy atom. The van der Waals surface area contributed by atoms with Gasteiger partial charge in [0.2, 0.25) is 0 Å². The van der Waals surface area contributed by atoms with E-state index >= 15 is 0 Å². The van der Waals surface area contributed by atoms with Crippen LogP contribution < -0.4 is 5.56 Å². The third-order valence-electron chi connectivity index (χ3n) is 3.94. The predicted octanol–water partition coefficient (Wildman–Crippen LogP) is 5.01. The molecule has 0 radical (unpaired) electrons. The summed E-state index contributed by atoms with van der Waals surface area (Å²) in [6.45, 7) is 2.75. The van der Waals surface area contributed by atoms with Gasteiger partial charge in [0.05, 0.1) is 12.1 Å². The molecule has 4 aromatic heterocycles. The van der Waals surface area contributed by atoms with Crippen molar-refractivity contribution in [2.24, 2.45) is 0 Å². The van der Waals surface area contributed by atoms with E-state index in [1.54, 1.807) is 29.3 Å². The monoisotopic (exact) mass is 387 g/mol. The fourth-order valence-electron chi connectivity index (χ4n) is 2.66. The Kier molecular flexibility index (Phi) is 4.87. The van der Waals surface area contributed by atoms with Gasteiger partial charge in [0.1, 0.15) is 9.53 Å². The van der Waals surface area contributed by atoms with E-state index < -0.39 is 0 Å². The quantitative estimate of drug-likeness (QED) is 0.265. The van der Waals surface area contributed by atoms with Gasteiger partial charge < -0.3 is 0 Å². The van der Waals surface area contributed by atoms with Gasteiger partial charge in [-0.25, -0.2) is 9.97 Å². The van der Waals surface area contributed by atoms with Crippen LogP contribution in [-0.2, 0) is 6.54 Å². The maximum Gasteiger partial charge on any atom is 0.272 e. The zero-order valence-electron chi connectivity index (χ0n) is 13.8. The average Bonchev–Trinajstić information content (AvgIpc) is 3.26. The summed E-state index contributed by atoms with van der Waals surface area (Å²) in [5.41, 5.74) is 0.833. The highest BCUT2D eigenvalue weighted by Gasteiger charge is 2.17. The Morgan fingerprint density at radius 2 is 2.20 bits per heavy atom. The van der Waals surface area contributed by atoms with Crippen molar-refractivity contribution in [2.45, 2.75) is 31.5 Å². The molecule has 0 N–H and O–H groups in total. The molecule has 0 atom stereocenters. The highest BCUT2D eigenvalue weighted by molar-refractivity contribution is 7.99. The van der Waals surface area contributed by atoms with Gasteiger partial charge in [0.15, 0.2) is 5.16 Å².